The number of carbonyl (C=O) groups is 2. The fraction of sp³-hybridized carbons (Fsp3) is 0.312. The summed E-state index contributed by atoms with van der Waals surface area (Å²) in [5.41, 5.74) is 0.664. The van der Waals surface area contributed by atoms with Crippen molar-refractivity contribution in [1.82, 2.24) is 10.5 Å². The maximum absolute atomic E-state index is 11.7. The molecule has 0 aliphatic carbocycles. The number of carboxylic acids is 1. The van der Waals surface area contributed by atoms with Gasteiger partial charge in [0.1, 0.15) is 23.6 Å². The lowest BCUT2D eigenvalue weighted by Gasteiger charge is -2.11. The molecule has 1 aromatic heterocycles. The third kappa shape index (κ3) is 3.72. The summed E-state index contributed by atoms with van der Waals surface area (Å²) in [5, 5.41) is 16.0. The second-order valence-corrected chi connectivity index (χ2v) is 5.03. The summed E-state index contributed by atoms with van der Waals surface area (Å²) in [4.78, 5) is 23.2. The number of carboxylic acid groups (broad SMARTS) is 1. The van der Waals surface area contributed by atoms with Crippen LogP contribution in [0.25, 0.3) is 11.3 Å². The molecule has 2 aromatic rings. The monoisotopic (exact) mass is 334 g/mol. The van der Waals surface area contributed by atoms with Crippen molar-refractivity contribution >= 4 is 11.9 Å². The average molecular weight is 334 g/mol. The smallest absolute Gasteiger partial charge is 0.341 e. The number of aromatic nitrogens is 1. The van der Waals surface area contributed by atoms with Gasteiger partial charge in [0, 0.05) is 12.7 Å². The number of rotatable bonds is 7. The maximum atomic E-state index is 11.7. The van der Waals surface area contributed by atoms with Crippen LogP contribution >= 0.6 is 0 Å². The molecule has 0 radical (unpaired) electrons. The predicted octanol–water partition coefficient (Wildman–Crippen LogP) is 1.87. The first-order valence-corrected chi connectivity index (χ1v) is 7.13. The van der Waals surface area contributed by atoms with E-state index >= 15 is 0 Å². The van der Waals surface area contributed by atoms with E-state index in [4.69, 9.17) is 14.0 Å². The fourth-order valence-corrected chi connectivity index (χ4v) is 2.23. The van der Waals surface area contributed by atoms with Crippen molar-refractivity contribution in [3.05, 3.63) is 35.6 Å². The molecule has 8 heteroatoms. The summed E-state index contributed by atoms with van der Waals surface area (Å²) in [6.45, 7) is 1.48. The third-order valence-corrected chi connectivity index (χ3v) is 3.34. The number of hydrogen-bond donors (Lipinski definition) is 2. The van der Waals surface area contributed by atoms with Crippen LogP contribution in [0.4, 0.5) is 0 Å². The van der Waals surface area contributed by atoms with Crippen molar-refractivity contribution in [1.29, 1.82) is 0 Å². The standard InChI is InChI=1S/C16H18N2O6/c1-9(17-12(19)8-22-2)15-13(16(20)21)14(18-24-15)10-4-6-11(23-3)7-5-10/h4-7,9H,8H2,1-3H3,(H,17,19)(H,20,21)/t9-/m1/s1. The van der Waals surface area contributed by atoms with Crippen LogP contribution in [-0.2, 0) is 9.53 Å². The van der Waals surface area contributed by atoms with Gasteiger partial charge in [-0.15, -0.1) is 0 Å². The zero-order valence-corrected chi connectivity index (χ0v) is 13.5. The minimum absolute atomic E-state index is 0.0674. The summed E-state index contributed by atoms with van der Waals surface area (Å²) < 4.78 is 15.0. The van der Waals surface area contributed by atoms with Crippen LogP contribution in [0.3, 0.4) is 0 Å². The third-order valence-electron chi connectivity index (χ3n) is 3.34. The van der Waals surface area contributed by atoms with Gasteiger partial charge in [0.25, 0.3) is 0 Å². The molecule has 0 saturated heterocycles. The molecule has 2 rings (SSSR count). The molecule has 1 amide bonds. The van der Waals surface area contributed by atoms with Gasteiger partial charge in [-0.2, -0.15) is 0 Å². The molecule has 1 aromatic carbocycles. The molecule has 0 saturated carbocycles. The molecule has 8 nitrogen and oxygen atoms in total. The molecule has 0 unspecified atom stereocenters. The highest BCUT2D eigenvalue weighted by Gasteiger charge is 2.27. The summed E-state index contributed by atoms with van der Waals surface area (Å²) in [6.07, 6.45) is 0. The SMILES string of the molecule is COCC(=O)N[C@H](C)c1onc(-c2ccc(OC)cc2)c1C(=O)O. The van der Waals surface area contributed by atoms with E-state index in [1.807, 2.05) is 0 Å². The van der Waals surface area contributed by atoms with E-state index in [0.717, 1.165) is 0 Å². The van der Waals surface area contributed by atoms with Crippen LogP contribution in [0, 0.1) is 0 Å². The van der Waals surface area contributed by atoms with Crippen molar-refractivity contribution in [3.63, 3.8) is 0 Å². The highest BCUT2D eigenvalue weighted by molar-refractivity contribution is 5.96. The van der Waals surface area contributed by atoms with Gasteiger partial charge >= 0.3 is 5.97 Å². The number of ether oxygens (including phenoxy) is 2. The number of benzene rings is 1. The van der Waals surface area contributed by atoms with Gasteiger partial charge < -0.3 is 24.4 Å². The minimum Gasteiger partial charge on any atom is -0.497 e. The Balaban J connectivity index is 2.35. The number of aromatic carboxylic acids is 1. The molecular weight excluding hydrogens is 316 g/mol. The average Bonchev–Trinajstić information content (AvgIpc) is 3.00. The fourth-order valence-electron chi connectivity index (χ4n) is 2.23. The van der Waals surface area contributed by atoms with E-state index in [0.29, 0.717) is 11.3 Å². The van der Waals surface area contributed by atoms with Crippen molar-refractivity contribution in [2.45, 2.75) is 13.0 Å². The van der Waals surface area contributed by atoms with Crippen LogP contribution in [-0.4, -0.2) is 43.0 Å². The molecular formula is C16H18N2O6. The second kappa shape index (κ2) is 7.60. The molecule has 0 bridgehead atoms. The van der Waals surface area contributed by atoms with E-state index in [-0.39, 0.29) is 29.5 Å². The van der Waals surface area contributed by atoms with E-state index in [1.54, 1.807) is 31.2 Å². The van der Waals surface area contributed by atoms with Gasteiger partial charge in [-0.1, -0.05) is 5.16 Å². The molecule has 1 atom stereocenters. The van der Waals surface area contributed by atoms with E-state index in [2.05, 4.69) is 10.5 Å². The van der Waals surface area contributed by atoms with Gasteiger partial charge in [0.05, 0.1) is 13.2 Å². The Bertz CT molecular complexity index is 723. The largest absolute Gasteiger partial charge is 0.497 e. The van der Waals surface area contributed by atoms with Crippen molar-refractivity contribution in [2.75, 3.05) is 20.8 Å². The Morgan fingerprint density at radius 2 is 1.96 bits per heavy atom. The number of carbonyl (C=O) groups excluding carboxylic acids is 1. The Morgan fingerprint density at radius 1 is 1.29 bits per heavy atom. The van der Waals surface area contributed by atoms with Crippen molar-refractivity contribution in [3.8, 4) is 17.0 Å². The minimum atomic E-state index is -1.19. The predicted molar refractivity (Wildman–Crippen MR) is 83.9 cm³/mol. The quantitative estimate of drug-likeness (QED) is 0.795. The van der Waals surface area contributed by atoms with Gasteiger partial charge in [-0.25, -0.2) is 4.79 Å². The molecule has 0 spiro atoms. The Morgan fingerprint density at radius 3 is 2.50 bits per heavy atom. The van der Waals surface area contributed by atoms with Crippen molar-refractivity contribution in [2.24, 2.45) is 0 Å². The molecule has 0 aliphatic heterocycles. The van der Waals surface area contributed by atoms with Gasteiger partial charge in [-0.05, 0) is 31.2 Å². The van der Waals surface area contributed by atoms with Gasteiger partial charge in [0.15, 0.2) is 5.76 Å². The molecule has 1 heterocycles. The number of hydrogen-bond acceptors (Lipinski definition) is 6. The van der Waals surface area contributed by atoms with Crippen LogP contribution in [0.2, 0.25) is 0 Å². The first-order chi connectivity index (χ1) is 11.5. The lowest BCUT2D eigenvalue weighted by atomic mass is 10.0. The zero-order valence-electron chi connectivity index (χ0n) is 13.5. The van der Waals surface area contributed by atoms with E-state index in [9.17, 15) is 14.7 Å². The molecule has 0 fully saturated rings. The van der Waals surface area contributed by atoms with Crippen LogP contribution < -0.4 is 10.1 Å². The number of methoxy groups -OCH3 is 2. The van der Waals surface area contributed by atoms with Crippen molar-refractivity contribution < 1.29 is 28.7 Å². The number of nitrogens with zero attached hydrogens (tertiary/aromatic N) is 1. The van der Waals surface area contributed by atoms with Crippen LogP contribution in [0.1, 0.15) is 29.1 Å². The Hall–Kier alpha value is -2.87. The van der Waals surface area contributed by atoms with Crippen LogP contribution in [0.5, 0.6) is 5.75 Å². The topological polar surface area (TPSA) is 111 Å². The molecule has 128 valence electrons. The summed E-state index contributed by atoms with van der Waals surface area (Å²) in [5.74, 6) is -0.869. The molecule has 2 N–H and O–H groups in total. The first kappa shape index (κ1) is 17.5. The zero-order chi connectivity index (χ0) is 17.7. The second-order valence-electron chi connectivity index (χ2n) is 5.03. The number of amides is 1. The maximum Gasteiger partial charge on any atom is 0.341 e. The highest BCUT2D eigenvalue weighted by Crippen LogP contribution is 2.30. The summed E-state index contributed by atoms with van der Waals surface area (Å²) >= 11 is 0. The molecule has 0 aliphatic rings. The van der Waals surface area contributed by atoms with E-state index < -0.39 is 12.0 Å². The highest BCUT2D eigenvalue weighted by atomic mass is 16.5. The molecule has 24 heavy (non-hydrogen) atoms. The Kier molecular flexibility index (Phi) is 5.54. The first-order valence-electron chi connectivity index (χ1n) is 7.13. The number of nitrogens with one attached hydrogen (secondary N) is 1. The Labute approximate surface area is 138 Å². The van der Waals surface area contributed by atoms with Gasteiger partial charge in [-0.3, -0.25) is 4.79 Å². The normalized spacial score (nSPS) is 11.8. The van der Waals surface area contributed by atoms with Gasteiger partial charge in [0.2, 0.25) is 5.91 Å². The lowest BCUT2D eigenvalue weighted by Crippen LogP contribution is -2.30. The van der Waals surface area contributed by atoms with Crippen LogP contribution in [0.15, 0.2) is 28.8 Å². The lowest BCUT2D eigenvalue weighted by molar-refractivity contribution is -0.125. The summed E-state index contributed by atoms with van der Waals surface area (Å²) in [6, 6.07) is 6.08. The summed E-state index contributed by atoms with van der Waals surface area (Å²) in [7, 11) is 2.93. The van der Waals surface area contributed by atoms with E-state index in [1.165, 1.54) is 14.2 Å².